The molecule has 0 unspecified atom stereocenters. The number of anilines is 1. The quantitative estimate of drug-likeness (QED) is 0.505. The van der Waals surface area contributed by atoms with Crippen molar-refractivity contribution < 1.29 is 14.3 Å². The molecule has 30 heavy (non-hydrogen) atoms. The van der Waals surface area contributed by atoms with Gasteiger partial charge in [-0.25, -0.2) is 4.98 Å². The van der Waals surface area contributed by atoms with Crippen LogP contribution in [0.2, 0.25) is 0 Å². The van der Waals surface area contributed by atoms with Crippen molar-refractivity contribution in [3.05, 3.63) is 58.8 Å². The number of aromatic nitrogens is 3. The molecule has 4 rings (SSSR count). The van der Waals surface area contributed by atoms with Crippen LogP contribution in [-0.2, 0) is 0 Å². The van der Waals surface area contributed by atoms with Crippen LogP contribution in [0, 0.1) is 20.8 Å². The number of thiazole rings is 1. The van der Waals surface area contributed by atoms with Crippen molar-refractivity contribution >= 4 is 33.3 Å². The van der Waals surface area contributed by atoms with Gasteiger partial charge in [-0.2, -0.15) is 9.78 Å². The Hall–Kier alpha value is -3.39. The summed E-state index contributed by atoms with van der Waals surface area (Å²) in [6.07, 6.45) is 0. The van der Waals surface area contributed by atoms with Crippen LogP contribution < -0.4 is 14.8 Å². The molecule has 0 saturated carbocycles. The highest BCUT2D eigenvalue weighted by molar-refractivity contribution is 7.20. The number of ether oxygens (including phenoxy) is 2. The SMILES string of the molecule is COc1ccc(OC)c(C(=O)Nc2cc(C)nn2-c2nc3cc(C)c(C)cc3s2)c1. The second kappa shape index (κ2) is 7.79. The first-order valence-corrected chi connectivity index (χ1v) is 10.2. The number of fused-ring (bicyclic) bond motifs is 1. The van der Waals surface area contributed by atoms with E-state index >= 15 is 0 Å². The Bertz CT molecular complexity index is 1220. The Morgan fingerprint density at radius 3 is 2.53 bits per heavy atom. The van der Waals surface area contributed by atoms with Crippen molar-refractivity contribution in [3.63, 3.8) is 0 Å². The Morgan fingerprint density at radius 2 is 1.80 bits per heavy atom. The Kier molecular flexibility index (Phi) is 5.17. The van der Waals surface area contributed by atoms with Crippen LogP contribution in [0.1, 0.15) is 27.2 Å². The van der Waals surface area contributed by atoms with Crippen molar-refractivity contribution in [2.24, 2.45) is 0 Å². The largest absolute Gasteiger partial charge is 0.497 e. The standard InChI is InChI=1S/C22H22N4O3S/c1-12-8-17-19(9-13(12)2)30-22(23-17)26-20(10-14(3)25-26)24-21(27)16-11-15(28-4)6-7-18(16)29-5/h6-11H,1-5H3,(H,24,27). The van der Waals surface area contributed by atoms with Crippen molar-refractivity contribution in [1.82, 2.24) is 14.8 Å². The van der Waals surface area contributed by atoms with Gasteiger partial charge in [0.25, 0.3) is 5.91 Å². The molecule has 0 radical (unpaired) electrons. The summed E-state index contributed by atoms with van der Waals surface area (Å²) in [6, 6.07) is 11.1. The first-order chi connectivity index (χ1) is 14.4. The van der Waals surface area contributed by atoms with E-state index in [0.717, 1.165) is 15.9 Å². The first kappa shape index (κ1) is 19.9. The van der Waals surface area contributed by atoms with Crippen LogP contribution in [0.4, 0.5) is 5.82 Å². The fourth-order valence-corrected chi connectivity index (χ4v) is 4.18. The minimum atomic E-state index is -0.320. The first-order valence-electron chi connectivity index (χ1n) is 9.38. The molecule has 8 heteroatoms. The van der Waals surface area contributed by atoms with Gasteiger partial charge in [-0.3, -0.25) is 4.79 Å². The second-order valence-electron chi connectivity index (χ2n) is 7.00. The topological polar surface area (TPSA) is 78.3 Å². The van der Waals surface area contributed by atoms with Crippen LogP contribution in [0.3, 0.4) is 0 Å². The molecular formula is C22H22N4O3S. The van der Waals surface area contributed by atoms with E-state index in [1.54, 1.807) is 30.0 Å². The van der Waals surface area contributed by atoms with E-state index in [9.17, 15) is 4.79 Å². The lowest BCUT2D eigenvalue weighted by molar-refractivity contribution is 0.102. The van der Waals surface area contributed by atoms with E-state index in [4.69, 9.17) is 14.5 Å². The van der Waals surface area contributed by atoms with Crippen LogP contribution in [-0.4, -0.2) is 34.9 Å². The smallest absolute Gasteiger partial charge is 0.260 e. The number of amides is 1. The van der Waals surface area contributed by atoms with Gasteiger partial charge in [0.15, 0.2) is 0 Å². The van der Waals surface area contributed by atoms with Crippen LogP contribution in [0.15, 0.2) is 36.4 Å². The predicted octanol–water partition coefficient (Wildman–Crippen LogP) is 4.68. The van der Waals surface area contributed by atoms with Gasteiger partial charge in [0.2, 0.25) is 5.13 Å². The number of aryl methyl sites for hydroxylation is 3. The Balaban J connectivity index is 1.72. The Morgan fingerprint density at radius 1 is 1.03 bits per heavy atom. The third-order valence-corrected chi connectivity index (χ3v) is 5.89. The van der Waals surface area contributed by atoms with Crippen molar-refractivity contribution in [3.8, 4) is 16.6 Å². The highest BCUT2D eigenvalue weighted by atomic mass is 32.1. The molecule has 1 amide bonds. The molecule has 0 bridgehead atoms. The number of hydrogen-bond donors (Lipinski definition) is 1. The number of benzene rings is 2. The third kappa shape index (κ3) is 3.61. The number of rotatable bonds is 5. The summed E-state index contributed by atoms with van der Waals surface area (Å²) in [5.41, 5.74) is 4.47. The average Bonchev–Trinajstić information content (AvgIpc) is 3.30. The van der Waals surface area contributed by atoms with E-state index in [1.807, 2.05) is 13.0 Å². The number of carbonyl (C=O) groups is 1. The maximum Gasteiger partial charge on any atom is 0.260 e. The van der Waals surface area contributed by atoms with Crippen LogP contribution >= 0.6 is 11.3 Å². The molecule has 4 aromatic rings. The fraction of sp³-hybridized carbons (Fsp3) is 0.227. The lowest BCUT2D eigenvalue weighted by Crippen LogP contribution is -2.16. The molecule has 1 N–H and O–H groups in total. The van der Waals surface area contributed by atoms with Gasteiger partial charge in [-0.05, 0) is 62.2 Å². The van der Waals surface area contributed by atoms with E-state index in [1.165, 1.54) is 29.6 Å². The van der Waals surface area contributed by atoms with E-state index in [-0.39, 0.29) is 5.91 Å². The minimum absolute atomic E-state index is 0.320. The summed E-state index contributed by atoms with van der Waals surface area (Å²) >= 11 is 1.53. The van der Waals surface area contributed by atoms with Crippen LogP contribution in [0.25, 0.3) is 15.3 Å². The summed E-state index contributed by atoms with van der Waals surface area (Å²) in [4.78, 5) is 17.7. The molecule has 0 atom stereocenters. The van der Waals surface area contributed by atoms with Gasteiger partial charge >= 0.3 is 0 Å². The van der Waals surface area contributed by atoms with Gasteiger partial charge in [-0.1, -0.05) is 11.3 Å². The van der Waals surface area contributed by atoms with E-state index in [0.29, 0.717) is 28.0 Å². The molecule has 2 aromatic carbocycles. The number of nitrogens with zero attached hydrogens (tertiary/aromatic N) is 3. The number of nitrogens with one attached hydrogen (secondary N) is 1. The predicted molar refractivity (Wildman–Crippen MR) is 118 cm³/mol. The van der Waals surface area contributed by atoms with Gasteiger partial charge in [-0.15, -0.1) is 0 Å². The zero-order valence-electron chi connectivity index (χ0n) is 17.4. The summed E-state index contributed by atoms with van der Waals surface area (Å²) < 4.78 is 13.3. The molecule has 154 valence electrons. The highest BCUT2D eigenvalue weighted by Gasteiger charge is 2.19. The summed E-state index contributed by atoms with van der Waals surface area (Å²) in [6.45, 7) is 6.03. The molecule has 0 aliphatic carbocycles. The maximum absolute atomic E-state index is 13.0. The summed E-state index contributed by atoms with van der Waals surface area (Å²) in [5.74, 6) is 1.25. The van der Waals surface area contributed by atoms with Gasteiger partial charge in [0, 0.05) is 6.07 Å². The molecule has 0 spiro atoms. The summed E-state index contributed by atoms with van der Waals surface area (Å²) in [5, 5.41) is 8.16. The lowest BCUT2D eigenvalue weighted by Gasteiger charge is -2.11. The van der Waals surface area contributed by atoms with Crippen molar-refractivity contribution in [2.45, 2.75) is 20.8 Å². The van der Waals surface area contributed by atoms with Crippen molar-refractivity contribution in [1.29, 1.82) is 0 Å². The van der Waals surface area contributed by atoms with Gasteiger partial charge in [0.05, 0.1) is 35.7 Å². The molecule has 0 saturated heterocycles. The zero-order valence-corrected chi connectivity index (χ0v) is 18.3. The fourth-order valence-electron chi connectivity index (χ4n) is 3.17. The lowest BCUT2D eigenvalue weighted by atomic mass is 10.1. The van der Waals surface area contributed by atoms with E-state index in [2.05, 4.69) is 36.4 Å². The molecule has 2 heterocycles. The molecule has 0 aliphatic heterocycles. The second-order valence-corrected chi connectivity index (χ2v) is 8.01. The number of carbonyl (C=O) groups excluding carboxylic acids is 1. The zero-order chi connectivity index (χ0) is 21.4. The average molecular weight is 423 g/mol. The summed E-state index contributed by atoms with van der Waals surface area (Å²) in [7, 11) is 3.08. The van der Waals surface area contributed by atoms with Gasteiger partial charge in [0.1, 0.15) is 17.3 Å². The number of methoxy groups -OCH3 is 2. The molecular weight excluding hydrogens is 400 g/mol. The molecule has 0 aliphatic rings. The normalized spacial score (nSPS) is 11.0. The molecule has 7 nitrogen and oxygen atoms in total. The molecule has 2 aromatic heterocycles. The monoisotopic (exact) mass is 422 g/mol. The molecule has 0 fully saturated rings. The van der Waals surface area contributed by atoms with E-state index < -0.39 is 0 Å². The highest BCUT2D eigenvalue weighted by Crippen LogP contribution is 2.30. The van der Waals surface area contributed by atoms with Gasteiger partial charge < -0.3 is 14.8 Å². The minimum Gasteiger partial charge on any atom is -0.497 e. The third-order valence-electron chi connectivity index (χ3n) is 4.90. The Labute approximate surface area is 178 Å². The maximum atomic E-state index is 13.0. The van der Waals surface area contributed by atoms with Crippen LogP contribution in [0.5, 0.6) is 11.5 Å². The van der Waals surface area contributed by atoms with Crippen molar-refractivity contribution in [2.75, 3.05) is 19.5 Å². The number of hydrogen-bond acceptors (Lipinski definition) is 6.